The molecule has 0 aliphatic carbocycles. The zero-order chi connectivity index (χ0) is 24.9. The number of hydrogen-bond acceptors (Lipinski definition) is 3. The Labute approximate surface area is 199 Å². The molecule has 0 radical (unpaired) electrons. The topological polar surface area (TPSA) is 55.6 Å². The Balaban J connectivity index is 1.87. The number of carbonyl (C=O) groups is 1. The summed E-state index contributed by atoms with van der Waals surface area (Å²) in [5.74, 6) is -0.481. The highest BCUT2D eigenvalue weighted by Gasteiger charge is 2.30. The lowest BCUT2D eigenvalue weighted by atomic mass is 10.0. The standard InChI is InChI=1S/C25H23ClF4N2O2/c1-2-34-22-12-11-20(15-21(22)26)32(24(33)23(31)17-5-9-19(27)10-6-17)14-13-16-3-7-18(8-4-16)25(28,29)30/h3-12,15,23H,2,13-14,31H2,1H3. The molecule has 1 atom stereocenters. The maximum atomic E-state index is 13.3. The van der Waals surface area contributed by atoms with Gasteiger partial charge in [-0.1, -0.05) is 35.9 Å². The van der Waals surface area contributed by atoms with Crippen LogP contribution in [0.25, 0.3) is 0 Å². The Hall–Kier alpha value is -3.10. The Morgan fingerprint density at radius 1 is 1.06 bits per heavy atom. The van der Waals surface area contributed by atoms with E-state index in [2.05, 4.69) is 0 Å². The minimum Gasteiger partial charge on any atom is -0.492 e. The van der Waals surface area contributed by atoms with Crippen molar-refractivity contribution in [3.8, 4) is 5.75 Å². The maximum Gasteiger partial charge on any atom is 0.416 e. The van der Waals surface area contributed by atoms with Crippen LogP contribution in [0, 0.1) is 5.82 Å². The van der Waals surface area contributed by atoms with E-state index in [1.807, 2.05) is 6.92 Å². The Kier molecular flexibility index (Phi) is 8.17. The number of carbonyl (C=O) groups excluding carboxylic acids is 1. The molecule has 0 fully saturated rings. The largest absolute Gasteiger partial charge is 0.492 e. The first-order valence-corrected chi connectivity index (χ1v) is 10.9. The van der Waals surface area contributed by atoms with Gasteiger partial charge in [0.05, 0.1) is 17.2 Å². The lowest BCUT2D eigenvalue weighted by Gasteiger charge is -2.27. The first kappa shape index (κ1) is 25.5. The highest BCUT2D eigenvalue weighted by Crippen LogP contribution is 2.32. The molecule has 9 heteroatoms. The fourth-order valence-corrected chi connectivity index (χ4v) is 3.61. The van der Waals surface area contributed by atoms with Gasteiger partial charge in [0, 0.05) is 12.2 Å². The van der Waals surface area contributed by atoms with Gasteiger partial charge in [0.1, 0.15) is 17.6 Å². The zero-order valence-electron chi connectivity index (χ0n) is 18.3. The van der Waals surface area contributed by atoms with E-state index in [0.717, 1.165) is 12.1 Å². The van der Waals surface area contributed by atoms with Crippen LogP contribution in [0.5, 0.6) is 5.75 Å². The van der Waals surface area contributed by atoms with Crippen molar-refractivity contribution in [2.45, 2.75) is 25.6 Å². The number of anilines is 1. The summed E-state index contributed by atoms with van der Waals surface area (Å²) in [4.78, 5) is 14.8. The summed E-state index contributed by atoms with van der Waals surface area (Å²) >= 11 is 6.31. The second kappa shape index (κ2) is 10.9. The molecule has 3 rings (SSSR count). The normalized spacial score (nSPS) is 12.3. The molecule has 0 aliphatic rings. The molecular formula is C25H23ClF4N2O2. The van der Waals surface area contributed by atoms with Crippen LogP contribution in [-0.4, -0.2) is 19.1 Å². The van der Waals surface area contributed by atoms with Gasteiger partial charge in [-0.25, -0.2) is 4.39 Å². The number of nitrogens with zero attached hydrogens (tertiary/aromatic N) is 1. The number of nitrogens with two attached hydrogens (primary N) is 1. The summed E-state index contributed by atoms with van der Waals surface area (Å²) in [6, 6.07) is 13.8. The summed E-state index contributed by atoms with van der Waals surface area (Å²) < 4.78 is 57.3. The van der Waals surface area contributed by atoms with E-state index >= 15 is 0 Å². The summed E-state index contributed by atoms with van der Waals surface area (Å²) in [5, 5.41) is 0.294. The summed E-state index contributed by atoms with van der Waals surface area (Å²) in [6.45, 7) is 2.35. The predicted molar refractivity (Wildman–Crippen MR) is 123 cm³/mol. The van der Waals surface area contributed by atoms with E-state index in [9.17, 15) is 22.4 Å². The molecule has 3 aromatic rings. The highest BCUT2D eigenvalue weighted by molar-refractivity contribution is 6.32. The minimum atomic E-state index is -4.43. The number of hydrogen-bond donors (Lipinski definition) is 1. The van der Waals surface area contributed by atoms with Crippen LogP contribution in [-0.2, 0) is 17.4 Å². The van der Waals surface area contributed by atoms with Gasteiger partial charge in [-0.05, 0) is 66.9 Å². The first-order valence-electron chi connectivity index (χ1n) is 10.5. The summed E-state index contributed by atoms with van der Waals surface area (Å²) in [6.07, 6.45) is -4.16. The Bertz CT molecular complexity index is 1120. The monoisotopic (exact) mass is 494 g/mol. The molecule has 1 amide bonds. The quantitative estimate of drug-likeness (QED) is 0.381. The lowest BCUT2D eigenvalue weighted by Crippen LogP contribution is -2.40. The molecule has 3 aromatic carbocycles. The molecule has 34 heavy (non-hydrogen) atoms. The minimum absolute atomic E-state index is 0.128. The molecule has 0 spiro atoms. The molecule has 0 aromatic heterocycles. The fourth-order valence-electron chi connectivity index (χ4n) is 3.38. The average molecular weight is 495 g/mol. The summed E-state index contributed by atoms with van der Waals surface area (Å²) in [7, 11) is 0. The van der Waals surface area contributed by atoms with Crippen molar-refractivity contribution in [3.05, 3.63) is 94.3 Å². The van der Waals surface area contributed by atoms with Gasteiger partial charge in [0.2, 0.25) is 5.91 Å². The van der Waals surface area contributed by atoms with Crippen molar-refractivity contribution in [3.63, 3.8) is 0 Å². The molecule has 180 valence electrons. The summed E-state index contributed by atoms with van der Waals surface area (Å²) in [5.41, 5.74) is 6.91. The van der Waals surface area contributed by atoms with Gasteiger partial charge >= 0.3 is 6.18 Å². The first-order chi connectivity index (χ1) is 16.1. The van der Waals surface area contributed by atoms with E-state index in [1.165, 1.54) is 41.3 Å². The molecular weight excluding hydrogens is 472 g/mol. The second-order valence-electron chi connectivity index (χ2n) is 7.51. The number of ether oxygens (including phenoxy) is 1. The van der Waals surface area contributed by atoms with Crippen molar-refractivity contribution in [2.24, 2.45) is 5.73 Å². The third kappa shape index (κ3) is 6.27. The van der Waals surface area contributed by atoms with Crippen LogP contribution in [0.15, 0.2) is 66.7 Å². The van der Waals surface area contributed by atoms with Gasteiger partial charge in [-0.15, -0.1) is 0 Å². The van der Waals surface area contributed by atoms with Crippen molar-refractivity contribution in [1.29, 1.82) is 0 Å². The van der Waals surface area contributed by atoms with Crippen molar-refractivity contribution in [1.82, 2.24) is 0 Å². The van der Waals surface area contributed by atoms with Crippen LogP contribution in [0.4, 0.5) is 23.2 Å². The van der Waals surface area contributed by atoms with Crippen molar-refractivity contribution in [2.75, 3.05) is 18.1 Å². The van der Waals surface area contributed by atoms with Crippen LogP contribution in [0.2, 0.25) is 5.02 Å². The fraction of sp³-hybridized carbons (Fsp3) is 0.240. The highest BCUT2D eigenvalue weighted by atomic mass is 35.5. The van der Waals surface area contributed by atoms with Crippen LogP contribution >= 0.6 is 11.6 Å². The Morgan fingerprint density at radius 3 is 2.26 bits per heavy atom. The molecule has 1 unspecified atom stereocenters. The number of rotatable bonds is 8. The third-order valence-corrected chi connectivity index (χ3v) is 5.49. The van der Waals surface area contributed by atoms with Crippen LogP contribution in [0.1, 0.15) is 29.7 Å². The lowest BCUT2D eigenvalue weighted by molar-refractivity contribution is -0.137. The van der Waals surface area contributed by atoms with E-state index in [0.29, 0.717) is 34.2 Å². The van der Waals surface area contributed by atoms with Gasteiger partial charge in [0.15, 0.2) is 0 Å². The molecule has 0 aliphatic heterocycles. The predicted octanol–water partition coefficient (Wildman–Crippen LogP) is 6.17. The van der Waals surface area contributed by atoms with Crippen LogP contribution < -0.4 is 15.4 Å². The third-order valence-electron chi connectivity index (χ3n) is 5.19. The zero-order valence-corrected chi connectivity index (χ0v) is 19.0. The molecule has 0 bridgehead atoms. The second-order valence-corrected chi connectivity index (χ2v) is 7.92. The van der Waals surface area contributed by atoms with E-state index in [4.69, 9.17) is 22.1 Å². The molecule has 2 N–H and O–H groups in total. The maximum absolute atomic E-state index is 13.3. The molecule has 0 saturated carbocycles. The van der Waals surface area contributed by atoms with Gasteiger partial charge in [-0.2, -0.15) is 13.2 Å². The van der Waals surface area contributed by atoms with Gasteiger partial charge in [0.25, 0.3) is 0 Å². The molecule has 0 heterocycles. The smallest absolute Gasteiger partial charge is 0.416 e. The molecule has 0 saturated heterocycles. The number of alkyl halides is 3. The van der Waals surface area contributed by atoms with E-state index < -0.39 is 29.5 Å². The van der Waals surface area contributed by atoms with E-state index in [-0.39, 0.29) is 13.0 Å². The van der Waals surface area contributed by atoms with Crippen LogP contribution in [0.3, 0.4) is 0 Å². The van der Waals surface area contributed by atoms with Gasteiger partial charge < -0.3 is 15.4 Å². The van der Waals surface area contributed by atoms with E-state index in [1.54, 1.807) is 18.2 Å². The number of amides is 1. The average Bonchev–Trinajstić information content (AvgIpc) is 2.80. The molecule has 4 nitrogen and oxygen atoms in total. The van der Waals surface area contributed by atoms with Crippen molar-refractivity contribution < 1.29 is 27.1 Å². The van der Waals surface area contributed by atoms with Gasteiger partial charge in [-0.3, -0.25) is 4.79 Å². The Morgan fingerprint density at radius 2 is 1.71 bits per heavy atom. The number of halogens is 5. The SMILES string of the molecule is CCOc1ccc(N(CCc2ccc(C(F)(F)F)cc2)C(=O)C(N)c2ccc(F)cc2)cc1Cl. The van der Waals surface area contributed by atoms with Crippen molar-refractivity contribution >= 4 is 23.2 Å². The number of benzene rings is 3.